The standard InChI is InChI=1S/C45H76O3/c1-7-8-16-22-37(46)23-17-14-12-10-9-11-13-15-18-24-43(47)48-38-29-31-44(5)36(33-38)25-26-39-41-28-27-40(35(4)21-19-20-34(2)3)45(41,6)32-30-42(39)44/h12,14,17,23,25,34-35,37-42,46H,7-11,13,15-16,18-22,24,26-33H2,1-6H3/b14-12+,23-17+/t35-,37-,38+,39+,40-,41+,42+,44+,45-/m1/s1. The monoisotopic (exact) mass is 665 g/mol. The number of carbonyl (C=O) groups excluding carboxylic acids is 1. The molecular formula is C45H76O3. The Kier molecular flexibility index (Phi) is 15.9. The maximum Gasteiger partial charge on any atom is 0.306 e. The van der Waals surface area contributed by atoms with Crippen LogP contribution in [0.1, 0.15) is 183 Å². The van der Waals surface area contributed by atoms with Gasteiger partial charge in [0.15, 0.2) is 0 Å². The molecule has 0 aliphatic heterocycles. The molecule has 4 rings (SSSR count). The Hall–Kier alpha value is -1.35. The summed E-state index contributed by atoms with van der Waals surface area (Å²) in [5.74, 6) is 5.22. The summed E-state index contributed by atoms with van der Waals surface area (Å²) in [7, 11) is 0. The van der Waals surface area contributed by atoms with Crippen LogP contribution in [0.15, 0.2) is 36.0 Å². The molecule has 0 saturated heterocycles. The fraction of sp³-hybridized carbons (Fsp3) is 0.844. The van der Waals surface area contributed by atoms with E-state index in [0.717, 1.165) is 80.5 Å². The third kappa shape index (κ3) is 10.6. The Morgan fingerprint density at radius 3 is 2.48 bits per heavy atom. The van der Waals surface area contributed by atoms with E-state index in [4.69, 9.17) is 4.74 Å². The molecular weight excluding hydrogens is 588 g/mol. The fourth-order valence-electron chi connectivity index (χ4n) is 11.1. The fourth-order valence-corrected chi connectivity index (χ4v) is 11.1. The largest absolute Gasteiger partial charge is 0.462 e. The number of esters is 1. The van der Waals surface area contributed by atoms with Gasteiger partial charge in [0.2, 0.25) is 0 Å². The van der Waals surface area contributed by atoms with Crippen molar-refractivity contribution >= 4 is 5.97 Å². The van der Waals surface area contributed by atoms with Gasteiger partial charge in [0, 0.05) is 12.8 Å². The highest BCUT2D eigenvalue weighted by Gasteiger charge is 2.59. The van der Waals surface area contributed by atoms with Crippen LogP contribution in [0.3, 0.4) is 0 Å². The van der Waals surface area contributed by atoms with Gasteiger partial charge in [0.05, 0.1) is 6.10 Å². The molecule has 4 aliphatic rings. The quantitative estimate of drug-likeness (QED) is 0.0610. The second kappa shape index (κ2) is 19.3. The first-order valence-electron chi connectivity index (χ1n) is 21.0. The summed E-state index contributed by atoms with van der Waals surface area (Å²) in [6.45, 7) is 14.8. The summed E-state index contributed by atoms with van der Waals surface area (Å²) >= 11 is 0. The zero-order valence-electron chi connectivity index (χ0n) is 32.3. The molecule has 0 amide bonds. The highest BCUT2D eigenvalue weighted by Crippen LogP contribution is 2.67. The lowest BCUT2D eigenvalue weighted by atomic mass is 9.47. The van der Waals surface area contributed by atoms with E-state index in [1.807, 2.05) is 12.2 Å². The minimum absolute atomic E-state index is 0.0254. The van der Waals surface area contributed by atoms with Crippen molar-refractivity contribution in [2.24, 2.45) is 46.3 Å². The first-order valence-corrected chi connectivity index (χ1v) is 21.0. The summed E-state index contributed by atoms with van der Waals surface area (Å²) < 4.78 is 6.11. The molecule has 0 heterocycles. The van der Waals surface area contributed by atoms with E-state index in [-0.39, 0.29) is 18.2 Å². The molecule has 1 N–H and O–H groups in total. The van der Waals surface area contributed by atoms with Crippen molar-refractivity contribution in [2.75, 3.05) is 0 Å². The van der Waals surface area contributed by atoms with Crippen molar-refractivity contribution in [1.29, 1.82) is 0 Å². The number of ether oxygens (including phenoxy) is 1. The zero-order valence-corrected chi connectivity index (χ0v) is 32.3. The van der Waals surface area contributed by atoms with Gasteiger partial charge in [-0.2, -0.15) is 0 Å². The van der Waals surface area contributed by atoms with Gasteiger partial charge in [-0.3, -0.25) is 4.79 Å². The normalized spacial score (nSPS) is 33.0. The van der Waals surface area contributed by atoms with Crippen molar-refractivity contribution in [1.82, 2.24) is 0 Å². The number of aliphatic hydroxyl groups is 1. The first kappa shape index (κ1) is 39.4. The molecule has 274 valence electrons. The van der Waals surface area contributed by atoms with E-state index in [1.54, 1.807) is 5.57 Å². The molecule has 3 nitrogen and oxygen atoms in total. The molecule has 9 atom stereocenters. The van der Waals surface area contributed by atoms with Crippen molar-refractivity contribution in [2.45, 2.75) is 195 Å². The Morgan fingerprint density at radius 1 is 0.896 bits per heavy atom. The molecule has 0 aromatic carbocycles. The topological polar surface area (TPSA) is 46.5 Å². The third-order valence-corrected chi connectivity index (χ3v) is 14.0. The van der Waals surface area contributed by atoms with Crippen LogP contribution in [0.2, 0.25) is 0 Å². The van der Waals surface area contributed by atoms with Crippen molar-refractivity contribution in [3.05, 3.63) is 36.0 Å². The summed E-state index contributed by atoms with van der Waals surface area (Å²) in [6.07, 6.45) is 36.6. The number of hydrogen-bond donors (Lipinski definition) is 1. The van der Waals surface area contributed by atoms with Crippen LogP contribution in [0.4, 0.5) is 0 Å². The van der Waals surface area contributed by atoms with E-state index in [0.29, 0.717) is 17.3 Å². The molecule has 0 unspecified atom stereocenters. The Bertz CT molecular complexity index is 1050. The second-order valence-corrected chi connectivity index (χ2v) is 17.8. The lowest BCUT2D eigenvalue weighted by molar-refractivity contribution is -0.151. The summed E-state index contributed by atoms with van der Waals surface area (Å²) in [4.78, 5) is 12.8. The van der Waals surface area contributed by atoms with E-state index in [2.05, 4.69) is 59.8 Å². The summed E-state index contributed by atoms with van der Waals surface area (Å²) in [6, 6.07) is 0. The second-order valence-electron chi connectivity index (χ2n) is 17.8. The van der Waals surface area contributed by atoms with Gasteiger partial charge in [-0.1, -0.05) is 135 Å². The van der Waals surface area contributed by atoms with Crippen LogP contribution in [-0.2, 0) is 9.53 Å². The lowest BCUT2D eigenvalue weighted by Crippen LogP contribution is -2.51. The van der Waals surface area contributed by atoms with Gasteiger partial charge < -0.3 is 9.84 Å². The first-order chi connectivity index (χ1) is 23.1. The molecule has 3 heteroatoms. The van der Waals surface area contributed by atoms with Crippen LogP contribution in [-0.4, -0.2) is 23.3 Å². The average molecular weight is 665 g/mol. The highest BCUT2D eigenvalue weighted by molar-refractivity contribution is 5.69. The number of aliphatic hydroxyl groups excluding tert-OH is 1. The Labute approximate surface area is 297 Å². The number of fused-ring (bicyclic) bond motifs is 5. The molecule has 0 radical (unpaired) electrons. The van der Waals surface area contributed by atoms with Crippen LogP contribution < -0.4 is 0 Å². The van der Waals surface area contributed by atoms with Gasteiger partial charge in [0.25, 0.3) is 0 Å². The predicted octanol–water partition coefficient (Wildman–Crippen LogP) is 12.7. The van der Waals surface area contributed by atoms with Crippen molar-refractivity contribution < 1.29 is 14.6 Å². The van der Waals surface area contributed by atoms with Crippen molar-refractivity contribution in [3.8, 4) is 0 Å². The SMILES string of the molecule is CCCCC[C@@H](O)/C=C/C=C/CCCCCCCC(=O)O[C@H]1CC[C@@]2(C)C(=CC[C@H]3[C@@H]4CC[C@H]([C@H](C)CCCC(C)C)[C@@]4(C)CC[C@@H]32)C1. The smallest absolute Gasteiger partial charge is 0.306 e. The molecule has 3 saturated carbocycles. The number of rotatable bonds is 20. The summed E-state index contributed by atoms with van der Waals surface area (Å²) in [5, 5.41) is 9.95. The zero-order chi connectivity index (χ0) is 34.6. The number of hydrogen-bond acceptors (Lipinski definition) is 3. The van der Waals surface area contributed by atoms with Gasteiger partial charge in [-0.25, -0.2) is 0 Å². The predicted molar refractivity (Wildman–Crippen MR) is 204 cm³/mol. The maximum atomic E-state index is 12.8. The Morgan fingerprint density at radius 2 is 1.69 bits per heavy atom. The van der Waals surface area contributed by atoms with E-state index in [1.165, 1.54) is 89.9 Å². The third-order valence-electron chi connectivity index (χ3n) is 14.0. The Balaban J connectivity index is 1.13. The minimum atomic E-state index is -0.310. The average Bonchev–Trinajstić information content (AvgIpc) is 3.41. The summed E-state index contributed by atoms with van der Waals surface area (Å²) in [5.41, 5.74) is 2.48. The van der Waals surface area contributed by atoms with Crippen molar-refractivity contribution in [3.63, 3.8) is 0 Å². The van der Waals surface area contributed by atoms with Crippen LogP contribution in [0, 0.1) is 46.3 Å². The van der Waals surface area contributed by atoms with Gasteiger partial charge in [-0.15, -0.1) is 0 Å². The number of carbonyl (C=O) groups is 1. The van der Waals surface area contributed by atoms with E-state index >= 15 is 0 Å². The maximum absolute atomic E-state index is 12.8. The molecule has 0 spiro atoms. The number of allylic oxidation sites excluding steroid dienone is 4. The molecule has 48 heavy (non-hydrogen) atoms. The van der Waals surface area contributed by atoms with Gasteiger partial charge >= 0.3 is 5.97 Å². The van der Waals surface area contributed by atoms with Crippen LogP contribution >= 0.6 is 0 Å². The van der Waals surface area contributed by atoms with Gasteiger partial charge in [0.1, 0.15) is 6.10 Å². The molecule has 0 bridgehead atoms. The van der Waals surface area contributed by atoms with Crippen LogP contribution in [0.25, 0.3) is 0 Å². The van der Waals surface area contributed by atoms with Gasteiger partial charge in [-0.05, 0) is 117 Å². The van der Waals surface area contributed by atoms with Crippen LogP contribution in [0.5, 0.6) is 0 Å². The lowest BCUT2D eigenvalue weighted by Gasteiger charge is -2.58. The highest BCUT2D eigenvalue weighted by atomic mass is 16.5. The molecule has 4 aliphatic carbocycles. The molecule has 0 aromatic heterocycles. The minimum Gasteiger partial charge on any atom is -0.462 e. The molecule has 0 aromatic rings. The number of unbranched alkanes of at least 4 members (excludes halogenated alkanes) is 7. The molecule has 3 fully saturated rings. The van der Waals surface area contributed by atoms with E-state index in [9.17, 15) is 9.90 Å². The van der Waals surface area contributed by atoms with E-state index < -0.39 is 0 Å².